The minimum Gasteiger partial charge on any atom is -0.399 e. The van der Waals surface area contributed by atoms with Crippen LogP contribution >= 0.6 is 0 Å². The van der Waals surface area contributed by atoms with Crippen LogP contribution in [0, 0.1) is 17.5 Å². The monoisotopic (exact) mass is 306 g/mol. The minimum absolute atomic E-state index is 0.00763. The second kappa shape index (κ2) is 5.91. The lowest BCUT2D eigenvalue weighted by Crippen LogP contribution is -2.34. The van der Waals surface area contributed by atoms with Gasteiger partial charge in [0.2, 0.25) is 0 Å². The Hall–Kier alpha value is -2.17. The number of hydrogen-bond donors (Lipinski definition) is 1. The molecule has 2 aromatic rings. The second-order valence-electron chi connectivity index (χ2n) is 5.65. The van der Waals surface area contributed by atoms with E-state index >= 15 is 0 Å². The molecule has 1 saturated heterocycles. The van der Waals surface area contributed by atoms with Crippen molar-refractivity contribution in [3.8, 4) is 0 Å². The van der Waals surface area contributed by atoms with Crippen LogP contribution in [-0.2, 0) is 0 Å². The second-order valence-corrected chi connectivity index (χ2v) is 5.65. The van der Waals surface area contributed by atoms with Gasteiger partial charge in [0.05, 0.1) is 0 Å². The highest BCUT2D eigenvalue weighted by Crippen LogP contribution is 2.33. The molecule has 0 radical (unpaired) electrons. The standard InChI is InChI=1S/C17H17F3N2/c18-13-3-1-11(2-4-13)12-5-7-22(8-6-12)17-15(19)9-14(21)10-16(17)20/h1-4,9-10,12H,5-8,21H2. The Balaban J connectivity index is 1.73. The number of nitrogen functional groups attached to an aromatic ring is 1. The molecule has 0 amide bonds. The third-order valence-corrected chi connectivity index (χ3v) is 4.19. The molecule has 1 fully saturated rings. The lowest BCUT2D eigenvalue weighted by molar-refractivity contribution is 0.486. The van der Waals surface area contributed by atoms with Gasteiger partial charge in [-0.2, -0.15) is 0 Å². The summed E-state index contributed by atoms with van der Waals surface area (Å²) >= 11 is 0. The van der Waals surface area contributed by atoms with Crippen LogP contribution in [-0.4, -0.2) is 13.1 Å². The molecule has 3 rings (SSSR count). The molecule has 0 aliphatic carbocycles. The molecule has 2 aromatic carbocycles. The molecule has 1 heterocycles. The zero-order valence-corrected chi connectivity index (χ0v) is 12.0. The molecule has 116 valence electrons. The Labute approximate surface area is 127 Å². The van der Waals surface area contributed by atoms with Gasteiger partial charge < -0.3 is 10.6 Å². The largest absolute Gasteiger partial charge is 0.399 e. The Morgan fingerprint density at radius 2 is 1.45 bits per heavy atom. The van der Waals surface area contributed by atoms with Gasteiger partial charge in [0.25, 0.3) is 0 Å². The summed E-state index contributed by atoms with van der Waals surface area (Å²) in [6, 6.07) is 8.73. The van der Waals surface area contributed by atoms with Gasteiger partial charge in [0.1, 0.15) is 11.5 Å². The summed E-state index contributed by atoms with van der Waals surface area (Å²) in [7, 11) is 0. The highest BCUT2D eigenvalue weighted by molar-refractivity contribution is 5.56. The molecule has 0 spiro atoms. The third-order valence-electron chi connectivity index (χ3n) is 4.19. The van der Waals surface area contributed by atoms with Crippen molar-refractivity contribution < 1.29 is 13.2 Å². The van der Waals surface area contributed by atoms with E-state index in [-0.39, 0.29) is 23.1 Å². The summed E-state index contributed by atoms with van der Waals surface area (Å²) in [5, 5.41) is 0. The summed E-state index contributed by atoms with van der Waals surface area (Å²) in [6.07, 6.45) is 1.55. The van der Waals surface area contributed by atoms with E-state index in [0.717, 1.165) is 30.5 Å². The summed E-state index contributed by atoms with van der Waals surface area (Å²) in [6.45, 7) is 1.11. The number of anilines is 2. The SMILES string of the molecule is Nc1cc(F)c(N2CCC(c3ccc(F)cc3)CC2)c(F)c1. The van der Waals surface area contributed by atoms with Crippen molar-refractivity contribution >= 4 is 11.4 Å². The highest BCUT2D eigenvalue weighted by Gasteiger charge is 2.24. The van der Waals surface area contributed by atoms with Crippen LogP contribution in [0.2, 0.25) is 0 Å². The number of rotatable bonds is 2. The average Bonchev–Trinajstić information content (AvgIpc) is 2.48. The highest BCUT2D eigenvalue weighted by atomic mass is 19.1. The van der Waals surface area contributed by atoms with Crippen molar-refractivity contribution in [1.82, 2.24) is 0 Å². The number of benzene rings is 2. The Morgan fingerprint density at radius 3 is 2.00 bits per heavy atom. The van der Waals surface area contributed by atoms with Gasteiger partial charge in [0, 0.05) is 18.8 Å². The van der Waals surface area contributed by atoms with Crippen LogP contribution in [0.15, 0.2) is 36.4 Å². The summed E-state index contributed by atoms with van der Waals surface area (Å²) in [4.78, 5) is 1.71. The molecule has 0 unspecified atom stereocenters. The number of piperidine rings is 1. The van der Waals surface area contributed by atoms with Crippen molar-refractivity contribution in [2.75, 3.05) is 23.7 Å². The topological polar surface area (TPSA) is 29.3 Å². The van der Waals surface area contributed by atoms with Gasteiger partial charge in [0.15, 0.2) is 11.6 Å². The van der Waals surface area contributed by atoms with E-state index in [2.05, 4.69) is 0 Å². The van der Waals surface area contributed by atoms with E-state index in [1.807, 2.05) is 0 Å². The van der Waals surface area contributed by atoms with Gasteiger partial charge in [-0.25, -0.2) is 13.2 Å². The molecule has 5 heteroatoms. The number of halogens is 3. The molecule has 0 saturated carbocycles. The fourth-order valence-electron chi connectivity index (χ4n) is 3.06. The van der Waals surface area contributed by atoms with E-state index in [1.165, 1.54) is 12.1 Å². The fourth-order valence-corrected chi connectivity index (χ4v) is 3.06. The molecule has 1 aliphatic rings. The van der Waals surface area contributed by atoms with Crippen LogP contribution in [0.5, 0.6) is 0 Å². The summed E-state index contributed by atoms with van der Waals surface area (Å²) < 4.78 is 40.9. The zero-order valence-electron chi connectivity index (χ0n) is 12.0. The Bertz CT molecular complexity index is 639. The Morgan fingerprint density at radius 1 is 0.909 bits per heavy atom. The van der Waals surface area contributed by atoms with Crippen LogP contribution in [0.4, 0.5) is 24.5 Å². The number of nitrogens with two attached hydrogens (primary N) is 1. The molecule has 0 atom stereocenters. The van der Waals surface area contributed by atoms with Gasteiger partial charge in [-0.05, 0) is 48.6 Å². The molecule has 2 N–H and O–H groups in total. The average molecular weight is 306 g/mol. The summed E-state index contributed by atoms with van der Waals surface area (Å²) in [5.74, 6) is -1.22. The van der Waals surface area contributed by atoms with Crippen molar-refractivity contribution in [3.05, 3.63) is 59.4 Å². The van der Waals surface area contributed by atoms with E-state index < -0.39 is 11.6 Å². The van der Waals surface area contributed by atoms with Gasteiger partial charge >= 0.3 is 0 Å². The maximum atomic E-state index is 14.0. The smallest absolute Gasteiger partial charge is 0.151 e. The molecular weight excluding hydrogens is 289 g/mol. The summed E-state index contributed by atoms with van der Waals surface area (Å²) in [5.41, 5.74) is 6.58. The van der Waals surface area contributed by atoms with Gasteiger partial charge in [-0.1, -0.05) is 12.1 Å². The Kier molecular flexibility index (Phi) is 3.96. The molecule has 1 aliphatic heterocycles. The molecule has 22 heavy (non-hydrogen) atoms. The maximum absolute atomic E-state index is 14.0. The van der Waals surface area contributed by atoms with Gasteiger partial charge in [-0.3, -0.25) is 0 Å². The first-order chi connectivity index (χ1) is 10.5. The van der Waals surface area contributed by atoms with E-state index in [0.29, 0.717) is 13.1 Å². The first-order valence-corrected chi connectivity index (χ1v) is 7.29. The van der Waals surface area contributed by atoms with Crippen molar-refractivity contribution in [2.24, 2.45) is 0 Å². The normalized spacial score (nSPS) is 16.0. The quantitative estimate of drug-likeness (QED) is 0.847. The first-order valence-electron chi connectivity index (χ1n) is 7.29. The van der Waals surface area contributed by atoms with Crippen molar-refractivity contribution in [3.63, 3.8) is 0 Å². The number of nitrogens with zero attached hydrogens (tertiary/aromatic N) is 1. The maximum Gasteiger partial charge on any atom is 0.151 e. The third kappa shape index (κ3) is 2.89. The van der Waals surface area contributed by atoms with Crippen molar-refractivity contribution in [2.45, 2.75) is 18.8 Å². The fraction of sp³-hybridized carbons (Fsp3) is 0.294. The molecular formula is C17H17F3N2. The lowest BCUT2D eigenvalue weighted by Gasteiger charge is -2.34. The van der Waals surface area contributed by atoms with Crippen molar-refractivity contribution in [1.29, 1.82) is 0 Å². The van der Waals surface area contributed by atoms with Crippen LogP contribution < -0.4 is 10.6 Å². The van der Waals surface area contributed by atoms with Crippen LogP contribution in [0.3, 0.4) is 0 Å². The van der Waals surface area contributed by atoms with E-state index in [1.54, 1.807) is 17.0 Å². The van der Waals surface area contributed by atoms with Gasteiger partial charge in [-0.15, -0.1) is 0 Å². The zero-order chi connectivity index (χ0) is 15.7. The van der Waals surface area contributed by atoms with Crippen LogP contribution in [0.1, 0.15) is 24.3 Å². The molecule has 0 aromatic heterocycles. The van der Waals surface area contributed by atoms with E-state index in [9.17, 15) is 13.2 Å². The van der Waals surface area contributed by atoms with Crippen LogP contribution in [0.25, 0.3) is 0 Å². The number of hydrogen-bond acceptors (Lipinski definition) is 2. The first kappa shape index (κ1) is 14.8. The lowest BCUT2D eigenvalue weighted by atomic mass is 9.89. The molecule has 2 nitrogen and oxygen atoms in total. The predicted molar refractivity (Wildman–Crippen MR) is 81.4 cm³/mol. The van der Waals surface area contributed by atoms with E-state index in [4.69, 9.17) is 5.73 Å². The molecule has 0 bridgehead atoms. The predicted octanol–water partition coefficient (Wildman–Crippen LogP) is 4.07. The minimum atomic E-state index is -0.627.